The molecular formula is C20H26N2O5S. The number of unbranched alkanes of at least 4 members (excludes halogenated alkanes) is 1. The van der Waals surface area contributed by atoms with Gasteiger partial charge in [-0.25, -0.2) is 4.83 Å². The Morgan fingerprint density at radius 3 is 2.43 bits per heavy atom. The molecule has 0 radical (unpaired) electrons. The van der Waals surface area contributed by atoms with Gasteiger partial charge in [0.1, 0.15) is 5.75 Å². The van der Waals surface area contributed by atoms with Gasteiger partial charge in [0, 0.05) is 0 Å². The molecule has 0 saturated carbocycles. The molecule has 8 heteroatoms. The fourth-order valence-corrected chi connectivity index (χ4v) is 3.09. The zero-order valence-corrected chi connectivity index (χ0v) is 17.2. The van der Waals surface area contributed by atoms with E-state index in [1.54, 1.807) is 30.3 Å². The fraction of sp³-hybridized carbons (Fsp3) is 0.350. The second kappa shape index (κ2) is 10.6. The summed E-state index contributed by atoms with van der Waals surface area (Å²) in [6.45, 7) is 5.10. The van der Waals surface area contributed by atoms with Crippen LogP contribution in [0.3, 0.4) is 0 Å². The maximum absolute atomic E-state index is 12.3. The predicted octanol–water partition coefficient (Wildman–Crippen LogP) is 3.59. The number of methoxy groups -OCH3 is 1. The molecule has 1 N–H and O–H groups in total. The molecule has 2 aromatic carbocycles. The fourth-order valence-electron chi connectivity index (χ4n) is 2.30. The molecule has 28 heavy (non-hydrogen) atoms. The van der Waals surface area contributed by atoms with Gasteiger partial charge in [-0.05, 0) is 61.4 Å². The minimum absolute atomic E-state index is 0.0973. The van der Waals surface area contributed by atoms with E-state index in [9.17, 15) is 8.42 Å². The van der Waals surface area contributed by atoms with Crippen LogP contribution in [-0.4, -0.2) is 35.0 Å². The minimum Gasteiger partial charge on any atom is -0.497 e. The number of nitrogens with one attached hydrogen (secondary N) is 1. The molecular weight excluding hydrogens is 380 g/mol. The highest BCUT2D eigenvalue weighted by molar-refractivity contribution is 7.89. The Balaban J connectivity index is 2.08. The van der Waals surface area contributed by atoms with Crippen molar-refractivity contribution in [2.24, 2.45) is 5.10 Å². The van der Waals surface area contributed by atoms with Crippen molar-refractivity contribution in [3.63, 3.8) is 0 Å². The third-order valence-corrected chi connectivity index (χ3v) is 5.02. The van der Waals surface area contributed by atoms with E-state index in [-0.39, 0.29) is 4.90 Å². The molecule has 2 aromatic rings. The lowest BCUT2D eigenvalue weighted by Crippen LogP contribution is -2.18. The number of hydrogen-bond acceptors (Lipinski definition) is 6. The van der Waals surface area contributed by atoms with E-state index in [1.165, 1.54) is 25.5 Å². The molecule has 0 atom stereocenters. The van der Waals surface area contributed by atoms with Crippen LogP contribution in [0.15, 0.2) is 52.5 Å². The summed E-state index contributed by atoms with van der Waals surface area (Å²) in [6, 6.07) is 11.4. The second-order valence-electron chi connectivity index (χ2n) is 5.87. The summed E-state index contributed by atoms with van der Waals surface area (Å²) < 4.78 is 40.9. The summed E-state index contributed by atoms with van der Waals surface area (Å²) in [5.41, 5.74) is 0.684. The lowest BCUT2D eigenvalue weighted by molar-refractivity contribution is 0.272. The van der Waals surface area contributed by atoms with Gasteiger partial charge in [0.25, 0.3) is 10.0 Å². The van der Waals surface area contributed by atoms with Gasteiger partial charge in [-0.3, -0.25) is 0 Å². The molecule has 0 fully saturated rings. The highest BCUT2D eigenvalue weighted by Crippen LogP contribution is 2.28. The Hall–Kier alpha value is -2.74. The quantitative estimate of drug-likeness (QED) is 0.350. The van der Waals surface area contributed by atoms with Crippen LogP contribution in [0, 0.1) is 0 Å². The average Bonchev–Trinajstić information content (AvgIpc) is 2.70. The van der Waals surface area contributed by atoms with E-state index >= 15 is 0 Å². The Kier molecular flexibility index (Phi) is 8.13. The van der Waals surface area contributed by atoms with Gasteiger partial charge >= 0.3 is 0 Å². The third-order valence-electron chi connectivity index (χ3n) is 3.78. The molecule has 0 unspecified atom stereocenters. The summed E-state index contributed by atoms with van der Waals surface area (Å²) in [5, 5.41) is 3.85. The summed E-state index contributed by atoms with van der Waals surface area (Å²) in [7, 11) is -2.24. The van der Waals surface area contributed by atoms with Crippen molar-refractivity contribution in [3.05, 3.63) is 48.0 Å². The topological polar surface area (TPSA) is 86.2 Å². The first-order valence-electron chi connectivity index (χ1n) is 9.08. The normalized spacial score (nSPS) is 11.4. The van der Waals surface area contributed by atoms with Crippen LogP contribution >= 0.6 is 0 Å². The van der Waals surface area contributed by atoms with Crippen LogP contribution in [0.1, 0.15) is 32.3 Å². The summed E-state index contributed by atoms with van der Waals surface area (Å²) in [6.07, 6.45) is 3.42. The van der Waals surface area contributed by atoms with Gasteiger partial charge in [0.15, 0.2) is 11.5 Å². The van der Waals surface area contributed by atoms with Gasteiger partial charge in [0.05, 0.1) is 31.4 Å². The first kappa shape index (κ1) is 21.6. The van der Waals surface area contributed by atoms with Gasteiger partial charge in [-0.15, -0.1) is 0 Å². The van der Waals surface area contributed by atoms with Crippen LogP contribution in [0.2, 0.25) is 0 Å². The molecule has 2 rings (SSSR count). The third kappa shape index (κ3) is 6.16. The molecule has 0 heterocycles. The number of nitrogens with zero attached hydrogens (tertiary/aromatic N) is 1. The van der Waals surface area contributed by atoms with Crippen molar-refractivity contribution >= 4 is 16.2 Å². The number of hydrazone groups is 1. The van der Waals surface area contributed by atoms with Crippen LogP contribution < -0.4 is 19.0 Å². The Bertz CT molecular complexity index is 880. The second-order valence-corrected chi connectivity index (χ2v) is 7.53. The molecule has 0 aliphatic heterocycles. The molecule has 0 aromatic heterocycles. The number of hydrogen-bond donors (Lipinski definition) is 1. The highest BCUT2D eigenvalue weighted by Gasteiger charge is 2.12. The lowest BCUT2D eigenvalue weighted by atomic mass is 10.2. The standard InChI is InChI=1S/C20H26N2O5S/c1-4-6-13-27-19-12-7-16(14-20(19)26-5-2)15-21-22-28(23,24)18-10-8-17(25-3)9-11-18/h7-12,14-15,22H,4-6,13H2,1-3H3. The number of ether oxygens (including phenoxy) is 3. The molecule has 152 valence electrons. The first-order valence-corrected chi connectivity index (χ1v) is 10.6. The molecule has 0 bridgehead atoms. The van der Waals surface area contributed by atoms with Gasteiger partial charge in [0.2, 0.25) is 0 Å². The largest absolute Gasteiger partial charge is 0.497 e. The van der Waals surface area contributed by atoms with Crippen molar-refractivity contribution in [1.29, 1.82) is 0 Å². The van der Waals surface area contributed by atoms with E-state index in [0.29, 0.717) is 36.0 Å². The molecule has 0 aliphatic rings. The Morgan fingerprint density at radius 2 is 1.79 bits per heavy atom. The number of benzene rings is 2. The van der Waals surface area contributed by atoms with Crippen LogP contribution in [0.25, 0.3) is 0 Å². The zero-order chi connectivity index (χ0) is 20.4. The monoisotopic (exact) mass is 406 g/mol. The van der Waals surface area contributed by atoms with Gasteiger partial charge < -0.3 is 14.2 Å². The summed E-state index contributed by atoms with van der Waals surface area (Å²) >= 11 is 0. The minimum atomic E-state index is -3.76. The molecule has 0 amide bonds. The van der Waals surface area contributed by atoms with Crippen LogP contribution in [0.4, 0.5) is 0 Å². The first-order chi connectivity index (χ1) is 13.5. The van der Waals surface area contributed by atoms with Gasteiger partial charge in [-0.2, -0.15) is 13.5 Å². The number of sulfonamides is 1. The highest BCUT2D eigenvalue weighted by atomic mass is 32.2. The molecule has 0 spiro atoms. The van der Waals surface area contributed by atoms with E-state index in [2.05, 4.69) is 16.9 Å². The predicted molar refractivity (Wildman–Crippen MR) is 109 cm³/mol. The maximum Gasteiger partial charge on any atom is 0.276 e. The van der Waals surface area contributed by atoms with Crippen molar-refractivity contribution in [3.8, 4) is 17.2 Å². The molecule has 0 aliphatic carbocycles. The summed E-state index contributed by atoms with van der Waals surface area (Å²) in [4.78, 5) is 2.30. The van der Waals surface area contributed by atoms with E-state index in [4.69, 9.17) is 14.2 Å². The molecule has 7 nitrogen and oxygen atoms in total. The SMILES string of the molecule is CCCCOc1ccc(C=NNS(=O)(=O)c2ccc(OC)cc2)cc1OCC. The van der Waals surface area contributed by atoms with Crippen LogP contribution in [0.5, 0.6) is 17.2 Å². The summed E-state index contributed by atoms with van der Waals surface area (Å²) in [5.74, 6) is 1.83. The zero-order valence-electron chi connectivity index (χ0n) is 16.3. The lowest BCUT2D eigenvalue weighted by Gasteiger charge is -2.12. The Labute approximate surface area is 166 Å². The van der Waals surface area contributed by atoms with E-state index in [0.717, 1.165) is 12.8 Å². The van der Waals surface area contributed by atoms with E-state index in [1.807, 2.05) is 6.92 Å². The van der Waals surface area contributed by atoms with Crippen LogP contribution in [-0.2, 0) is 10.0 Å². The Morgan fingerprint density at radius 1 is 1.04 bits per heavy atom. The van der Waals surface area contributed by atoms with Crippen molar-refractivity contribution < 1.29 is 22.6 Å². The molecule has 0 saturated heterocycles. The average molecular weight is 407 g/mol. The van der Waals surface area contributed by atoms with E-state index < -0.39 is 10.0 Å². The number of rotatable bonds is 11. The van der Waals surface area contributed by atoms with Crippen molar-refractivity contribution in [2.45, 2.75) is 31.6 Å². The smallest absolute Gasteiger partial charge is 0.276 e. The van der Waals surface area contributed by atoms with Crippen molar-refractivity contribution in [2.75, 3.05) is 20.3 Å². The van der Waals surface area contributed by atoms with Gasteiger partial charge in [-0.1, -0.05) is 13.3 Å². The maximum atomic E-state index is 12.3. The van der Waals surface area contributed by atoms with Crippen molar-refractivity contribution in [1.82, 2.24) is 4.83 Å².